The molecule has 3 aromatic carbocycles. The van der Waals surface area contributed by atoms with Crippen LogP contribution < -0.4 is 10.3 Å². The summed E-state index contributed by atoms with van der Waals surface area (Å²) in [6.45, 7) is 0.103. The van der Waals surface area contributed by atoms with Crippen molar-refractivity contribution in [1.82, 2.24) is 9.66 Å². The van der Waals surface area contributed by atoms with Crippen molar-refractivity contribution in [3.63, 3.8) is 0 Å². The Labute approximate surface area is 246 Å². The van der Waals surface area contributed by atoms with Crippen molar-refractivity contribution >= 4 is 66.3 Å². The van der Waals surface area contributed by atoms with Gasteiger partial charge in [-0.05, 0) is 70.2 Å². The topological polar surface area (TPSA) is 99.6 Å². The van der Waals surface area contributed by atoms with E-state index >= 15 is 0 Å². The summed E-state index contributed by atoms with van der Waals surface area (Å²) in [6, 6.07) is 15.2. The van der Waals surface area contributed by atoms with Crippen LogP contribution in [0.4, 0.5) is 5.69 Å². The first-order valence-corrected chi connectivity index (χ1v) is 14.4. The maximum atomic E-state index is 13.5. The summed E-state index contributed by atoms with van der Waals surface area (Å²) in [4.78, 5) is 29.0. The number of hydrogen-bond acceptors (Lipinski definition) is 6. The summed E-state index contributed by atoms with van der Waals surface area (Å²) < 4.78 is 8.67. The molecule has 1 aromatic heterocycles. The molecule has 0 atom stereocenters. The number of aromatic nitrogens is 2. The summed E-state index contributed by atoms with van der Waals surface area (Å²) in [7, 11) is 0. The molecular formula is C28H23Br2ClN4O4. The lowest BCUT2D eigenvalue weighted by Gasteiger charge is -2.22. The fourth-order valence-electron chi connectivity index (χ4n) is 4.73. The molecule has 5 rings (SSSR count). The normalized spacial score (nSPS) is 14.2. The van der Waals surface area contributed by atoms with E-state index in [4.69, 9.17) is 21.3 Å². The minimum atomic E-state index is -0.449. The van der Waals surface area contributed by atoms with Gasteiger partial charge < -0.3 is 4.74 Å². The van der Waals surface area contributed by atoms with E-state index in [0.717, 1.165) is 30.2 Å². The van der Waals surface area contributed by atoms with Crippen molar-refractivity contribution in [2.24, 2.45) is 5.10 Å². The molecule has 0 spiro atoms. The highest BCUT2D eigenvalue weighted by atomic mass is 79.9. The summed E-state index contributed by atoms with van der Waals surface area (Å²) in [6.07, 6.45) is 6.91. The highest BCUT2D eigenvalue weighted by Crippen LogP contribution is 2.35. The zero-order valence-electron chi connectivity index (χ0n) is 20.6. The molecule has 1 heterocycles. The van der Waals surface area contributed by atoms with Gasteiger partial charge in [0, 0.05) is 22.5 Å². The zero-order chi connectivity index (χ0) is 27.5. The minimum Gasteiger partial charge on any atom is -0.486 e. The first-order chi connectivity index (χ1) is 18.8. The SMILES string of the molecule is O=c1c2cc(Br)ccc2nc(C2CCCCC2)n1N=Cc1cc(Cl)c(OCc2cccc([N+](=O)[O-])c2)c(Br)c1. The molecule has 11 heteroatoms. The molecule has 39 heavy (non-hydrogen) atoms. The predicted octanol–water partition coefficient (Wildman–Crippen LogP) is 7.99. The van der Waals surface area contributed by atoms with Gasteiger partial charge in [-0.3, -0.25) is 14.9 Å². The van der Waals surface area contributed by atoms with Gasteiger partial charge in [0.2, 0.25) is 0 Å². The first-order valence-electron chi connectivity index (χ1n) is 12.4. The minimum absolute atomic E-state index is 0.00815. The third-order valence-electron chi connectivity index (χ3n) is 6.65. The Morgan fingerprint density at radius 3 is 2.67 bits per heavy atom. The van der Waals surface area contributed by atoms with Crippen molar-refractivity contribution in [3.05, 3.63) is 106 Å². The van der Waals surface area contributed by atoms with Gasteiger partial charge in [0.05, 0.1) is 31.5 Å². The molecule has 0 aliphatic heterocycles. The molecule has 1 aliphatic rings. The van der Waals surface area contributed by atoms with Gasteiger partial charge >= 0.3 is 0 Å². The summed E-state index contributed by atoms with van der Waals surface area (Å²) >= 11 is 13.5. The maximum Gasteiger partial charge on any atom is 0.282 e. The maximum absolute atomic E-state index is 13.5. The standard InChI is InChI=1S/C28H23Br2ClN4O4/c29-20-9-10-25-22(14-20)28(36)34(27(33-25)19-6-2-1-3-7-19)32-15-18-12-23(30)26(24(31)13-18)39-16-17-5-4-8-21(11-17)35(37)38/h4-5,8-15,19H,1-3,6-7,16H2. The number of nitro benzene ring substituents is 1. The van der Waals surface area contributed by atoms with Crippen LogP contribution in [-0.2, 0) is 6.61 Å². The van der Waals surface area contributed by atoms with Gasteiger partial charge in [0.25, 0.3) is 11.2 Å². The van der Waals surface area contributed by atoms with Crippen LogP contribution >= 0.6 is 43.5 Å². The number of ether oxygens (including phenoxy) is 1. The lowest BCUT2D eigenvalue weighted by molar-refractivity contribution is -0.384. The lowest BCUT2D eigenvalue weighted by atomic mass is 9.88. The summed E-state index contributed by atoms with van der Waals surface area (Å²) in [5, 5.41) is 16.4. The Bertz CT molecular complexity index is 1630. The van der Waals surface area contributed by atoms with Crippen molar-refractivity contribution < 1.29 is 9.66 Å². The van der Waals surface area contributed by atoms with Crippen LogP contribution in [0.5, 0.6) is 5.75 Å². The van der Waals surface area contributed by atoms with E-state index in [1.54, 1.807) is 36.5 Å². The fourth-order valence-corrected chi connectivity index (χ4v) is 6.08. The smallest absolute Gasteiger partial charge is 0.282 e. The van der Waals surface area contributed by atoms with E-state index < -0.39 is 4.92 Å². The van der Waals surface area contributed by atoms with Gasteiger partial charge in [0.1, 0.15) is 12.4 Å². The molecule has 200 valence electrons. The zero-order valence-corrected chi connectivity index (χ0v) is 24.6. The molecule has 0 saturated heterocycles. The Morgan fingerprint density at radius 2 is 1.92 bits per heavy atom. The largest absolute Gasteiger partial charge is 0.486 e. The van der Waals surface area contributed by atoms with E-state index in [0.29, 0.717) is 43.1 Å². The van der Waals surface area contributed by atoms with E-state index in [9.17, 15) is 14.9 Å². The molecule has 1 aliphatic carbocycles. The molecule has 0 amide bonds. The number of benzene rings is 3. The average molecular weight is 675 g/mol. The number of fused-ring (bicyclic) bond motifs is 1. The Morgan fingerprint density at radius 1 is 1.13 bits per heavy atom. The van der Waals surface area contributed by atoms with Crippen LogP contribution in [0.2, 0.25) is 5.02 Å². The molecule has 0 radical (unpaired) electrons. The second-order valence-electron chi connectivity index (χ2n) is 9.36. The van der Waals surface area contributed by atoms with Crippen LogP contribution in [0.25, 0.3) is 10.9 Å². The summed E-state index contributed by atoms with van der Waals surface area (Å²) in [5.41, 5.74) is 1.73. The Hall–Kier alpha value is -3.08. The molecular weight excluding hydrogens is 652 g/mol. The lowest BCUT2D eigenvalue weighted by Crippen LogP contribution is -2.25. The predicted molar refractivity (Wildman–Crippen MR) is 159 cm³/mol. The number of nitro groups is 1. The number of rotatable bonds is 7. The quantitative estimate of drug-likeness (QED) is 0.112. The second kappa shape index (κ2) is 12.0. The third-order valence-corrected chi connectivity index (χ3v) is 8.01. The molecule has 8 nitrogen and oxygen atoms in total. The van der Waals surface area contributed by atoms with Crippen molar-refractivity contribution in [3.8, 4) is 5.75 Å². The molecule has 1 saturated carbocycles. The van der Waals surface area contributed by atoms with Gasteiger partial charge in [-0.1, -0.05) is 58.9 Å². The van der Waals surface area contributed by atoms with Crippen LogP contribution in [0.15, 0.2) is 73.4 Å². The van der Waals surface area contributed by atoms with Crippen LogP contribution in [-0.4, -0.2) is 20.8 Å². The van der Waals surface area contributed by atoms with E-state index in [1.807, 2.05) is 12.1 Å². The Balaban J connectivity index is 1.45. The Kier molecular flexibility index (Phi) is 8.44. The van der Waals surface area contributed by atoms with Crippen molar-refractivity contribution in [1.29, 1.82) is 0 Å². The van der Waals surface area contributed by atoms with E-state index in [2.05, 4.69) is 37.0 Å². The average Bonchev–Trinajstić information content (AvgIpc) is 2.93. The summed E-state index contributed by atoms with van der Waals surface area (Å²) in [5.74, 6) is 1.24. The van der Waals surface area contributed by atoms with Crippen molar-refractivity contribution in [2.75, 3.05) is 0 Å². The molecule has 0 bridgehead atoms. The highest BCUT2D eigenvalue weighted by Gasteiger charge is 2.22. The van der Waals surface area contributed by atoms with E-state index in [-0.39, 0.29) is 23.8 Å². The molecule has 1 fully saturated rings. The van der Waals surface area contributed by atoms with Crippen LogP contribution in [0.3, 0.4) is 0 Å². The van der Waals surface area contributed by atoms with Crippen LogP contribution in [0.1, 0.15) is 55.0 Å². The number of nitrogens with zero attached hydrogens (tertiary/aromatic N) is 4. The molecule has 0 N–H and O–H groups in total. The fraction of sp³-hybridized carbons (Fsp3) is 0.250. The van der Waals surface area contributed by atoms with Gasteiger partial charge in [-0.25, -0.2) is 4.98 Å². The monoisotopic (exact) mass is 672 g/mol. The third kappa shape index (κ3) is 6.23. The van der Waals surface area contributed by atoms with Gasteiger partial charge in [0.15, 0.2) is 5.75 Å². The number of halogens is 3. The number of hydrogen-bond donors (Lipinski definition) is 0. The van der Waals surface area contributed by atoms with Crippen LogP contribution in [0, 0.1) is 10.1 Å². The van der Waals surface area contributed by atoms with Gasteiger partial charge in [-0.15, -0.1) is 0 Å². The van der Waals surface area contributed by atoms with Crippen molar-refractivity contribution in [2.45, 2.75) is 44.6 Å². The second-order valence-corrected chi connectivity index (χ2v) is 11.5. The highest BCUT2D eigenvalue weighted by molar-refractivity contribution is 9.10. The van der Waals surface area contributed by atoms with Gasteiger partial charge in [-0.2, -0.15) is 9.78 Å². The molecule has 4 aromatic rings. The molecule has 0 unspecified atom stereocenters. The number of non-ortho nitro benzene ring substituents is 1. The first kappa shape index (κ1) is 27.5. The van der Waals surface area contributed by atoms with E-state index in [1.165, 1.54) is 23.2 Å².